The third kappa shape index (κ3) is 4.47. The highest BCUT2D eigenvalue weighted by Crippen LogP contribution is 2.28. The van der Waals surface area contributed by atoms with Gasteiger partial charge in [0.15, 0.2) is 0 Å². The van der Waals surface area contributed by atoms with Crippen molar-refractivity contribution in [3.63, 3.8) is 0 Å². The first kappa shape index (κ1) is 12.6. The highest BCUT2D eigenvalue weighted by atomic mass is 14.8. The Balaban J connectivity index is 1.55. The molecule has 0 aromatic carbocycles. The topological polar surface area (TPSA) is 24.9 Å². The van der Waals surface area contributed by atoms with E-state index in [2.05, 4.69) is 22.4 Å². The predicted octanol–water partition coefficient (Wildman–Crippen LogP) is 3.45. The molecule has 1 aromatic heterocycles. The van der Waals surface area contributed by atoms with Crippen LogP contribution in [0.3, 0.4) is 0 Å². The van der Waals surface area contributed by atoms with Gasteiger partial charge in [-0.05, 0) is 43.9 Å². The van der Waals surface area contributed by atoms with Crippen LogP contribution in [0.25, 0.3) is 0 Å². The molecule has 0 unspecified atom stereocenters. The molecule has 1 fully saturated rings. The fraction of sp³-hybridized carbons (Fsp3) is 0.667. The predicted molar refractivity (Wildman–Crippen MR) is 71.9 cm³/mol. The van der Waals surface area contributed by atoms with Gasteiger partial charge in [-0.15, -0.1) is 0 Å². The van der Waals surface area contributed by atoms with Gasteiger partial charge in [-0.25, -0.2) is 0 Å². The molecule has 2 heteroatoms. The Kier molecular flexibility index (Phi) is 4.99. The zero-order chi connectivity index (χ0) is 11.9. The second kappa shape index (κ2) is 6.75. The number of pyridine rings is 1. The Morgan fingerprint density at radius 1 is 1.29 bits per heavy atom. The van der Waals surface area contributed by atoms with E-state index in [1.807, 2.05) is 13.1 Å². The van der Waals surface area contributed by atoms with E-state index in [1.54, 1.807) is 0 Å². The van der Waals surface area contributed by atoms with Crippen LogP contribution in [-0.4, -0.2) is 11.5 Å². The zero-order valence-corrected chi connectivity index (χ0v) is 10.9. The highest BCUT2D eigenvalue weighted by molar-refractivity contribution is 5.12. The summed E-state index contributed by atoms with van der Waals surface area (Å²) in [7, 11) is 0. The Hall–Kier alpha value is -0.890. The maximum atomic E-state index is 4.30. The molecule has 1 saturated carbocycles. The molecule has 1 N–H and O–H groups in total. The fourth-order valence-corrected chi connectivity index (χ4v) is 2.65. The smallest absolute Gasteiger partial charge is 0.0372 e. The van der Waals surface area contributed by atoms with Gasteiger partial charge in [-0.2, -0.15) is 0 Å². The average Bonchev–Trinajstić information content (AvgIpc) is 2.84. The van der Waals surface area contributed by atoms with Crippen LogP contribution in [0.15, 0.2) is 18.3 Å². The Morgan fingerprint density at radius 3 is 2.82 bits per heavy atom. The first-order chi connectivity index (χ1) is 8.34. The van der Waals surface area contributed by atoms with Crippen LogP contribution < -0.4 is 5.32 Å². The molecular weight excluding hydrogens is 208 g/mol. The third-order valence-corrected chi connectivity index (χ3v) is 3.74. The number of aryl methyl sites for hydroxylation is 1. The van der Waals surface area contributed by atoms with E-state index in [0.717, 1.165) is 24.7 Å². The molecule has 0 saturated heterocycles. The number of aromatic nitrogens is 1. The molecule has 0 atom stereocenters. The summed E-state index contributed by atoms with van der Waals surface area (Å²) >= 11 is 0. The van der Waals surface area contributed by atoms with Crippen LogP contribution >= 0.6 is 0 Å². The number of hydrogen-bond donors (Lipinski definition) is 1. The van der Waals surface area contributed by atoms with Gasteiger partial charge in [0.25, 0.3) is 0 Å². The quantitative estimate of drug-likeness (QED) is 0.760. The molecule has 1 heterocycles. The maximum absolute atomic E-state index is 4.30. The van der Waals surface area contributed by atoms with Gasteiger partial charge in [-0.3, -0.25) is 4.98 Å². The SMILES string of the molecule is Cc1ccc(CNCCCC2CCCC2)cn1. The van der Waals surface area contributed by atoms with E-state index in [1.165, 1.54) is 44.1 Å². The molecule has 0 bridgehead atoms. The van der Waals surface area contributed by atoms with E-state index < -0.39 is 0 Å². The normalized spacial score (nSPS) is 16.5. The second-order valence-electron chi connectivity index (χ2n) is 5.28. The number of nitrogens with zero attached hydrogens (tertiary/aromatic N) is 1. The van der Waals surface area contributed by atoms with Gasteiger partial charge < -0.3 is 5.32 Å². The zero-order valence-electron chi connectivity index (χ0n) is 10.9. The minimum Gasteiger partial charge on any atom is -0.313 e. The van der Waals surface area contributed by atoms with Crippen molar-refractivity contribution < 1.29 is 0 Å². The minimum absolute atomic E-state index is 0.956. The summed E-state index contributed by atoms with van der Waals surface area (Å²) in [5, 5.41) is 3.51. The molecule has 94 valence electrons. The van der Waals surface area contributed by atoms with Crippen LogP contribution in [0.1, 0.15) is 49.8 Å². The van der Waals surface area contributed by atoms with Crippen LogP contribution in [0, 0.1) is 12.8 Å². The summed E-state index contributed by atoms with van der Waals surface area (Å²) < 4.78 is 0. The van der Waals surface area contributed by atoms with Crippen LogP contribution in [0.2, 0.25) is 0 Å². The van der Waals surface area contributed by atoms with E-state index in [0.29, 0.717) is 0 Å². The van der Waals surface area contributed by atoms with E-state index >= 15 is 0 Å². The van der Waals surface area contributed by atoms with Crippen molar-refractivity contribution in [3.05, 3.63) is 29.6 Å². The van der Waals surface area contributed by atoms with Gasteiger partial charge >= 0.3 is 0 Å². The number of hydrogen-bond acceptors (Lipinski definition) is 2. The van der Waals surface area contributed by atoms with Gasteiger partial charge in [0.05, 0.1) is 0 Å². The lowest BCUT2D eigenvalue weighted by Gasteiger charge is -2.09. The largest absolute Gasteiger partial charge is 0.313 e. The molecule has 1 aliphatic rings. The maximum Gasteiger partial charge on any atom is 0.0372 e. The lowest BCUT2D eigenvalue weighted by molar-refractivity contribution is 0.470. The summed E-state index contributed by atoms with van der Waals surface area (Å²) in [6.07, 6.45) is 10.6. The van der Waals surface area contributed by atoms with E-state index in [4.69, 9.17) is 0 Å². The summed E-state index contributed by atoms with van der Waals surface area (Å²) in [5.41, 5.74) is 2.38. The lowest BCUT2D eigenvalue weighted by Crippen LogP contribution is -2.15. The van der Waals surface area contributed by atoms with Gasteiger partial charge in [-0.1, -0.05) is 31.7 Å². The standard InChI is InChI=1S/C15H24N2/c1-13-8-9-15(12-17-13)11-16-10-4-7-14-5-2-3-6-14/h8-9,12,14,16H,2-7,10-11H2,1H3. The monoisotopic (exact) mass is 232 g/mol. The Labute approximate surface area is 105 Å². The number of rotatable bonds is 6. The summed E-state index contributed by atoms with van der Waals surface area (Å²) in [6.45, 7) is 4.13. The summed E-state index contributed by atoms with van der Waals surface area (Å²) in [6, 6.07) is 4.24. The number of nitrogens with one attached hydrogen (secondary N) is 1. The van der Waals surface area contributed by atoms with Gasteiger partial charge in [0, 0.05) is 18.4 Å². The average molecular weight is 232 g/mol. The lowest BCUT2D eigenvalue weighted by atomic mass is 10.0. The van der Waals surface area contributed by atoms with Crippen molar-refractivity contribution in [1.82, 2.24) is 10.3 Å². The van der Waals surface area contributed by atoms with Crippen LogP contribution in [0.4, 0.5) is 0 Å². The minimum atomic E-state index is 0.956. The highest BCUT2D eigenvalue weighted by Gasteiger charge is 2.13. The molecule has 0 amide bonds. The molecule has 2 nitrogen and oxygen atoms in total. The van der Waals surface area contributed by atoms with Crippen LogP contribution in [0.5, 0.6) is 0 Å². The molecular formula is C15H24N2. The van der Waals surface area contributed by atoms with Crippen molar-refractivity contribution in [1.29, 1.82) is 0 Å². The first-order valence-corrected chi connectivity index (χ1v) is 6.97. The van der Waals surface area contributed by atoms with Crippen molar-refractivity contribution >= 4 is 0 Å². The summed E-state index contributed by atoms with van der Waals surface area (Å²) in [4.78, 5) is 4.30. The van der Waals surface area contributed by atoms with Crippen molar-refractivity contribution in [2.24, 2.45) is 5.92 Å². The molecule has 2 rings (SSSR count). The third-order valence-electron chi connectivity index (χ3n) is 3.74. The van der Waals surface area contributed by atoms with E-state index in [-0.39, 0.29) is 0 Å². The molecule has 1 aromatic rings. The second-order valence-corrected chi connectivity index (χ2v) is 5.28. The molecule has 17 heavy (non-hydrogen) atoms. The van der Waals surface area contributed by atoms with Gasteiger partial charge in [0.2, 0.25) is 0 Å². The first-order valence-electron chi connectivity index (χ1n) is 6.97. The summed E-state index contributed by atoms with van der Waals surface area (Å²) in [5.74, 6) is 1.03. The molecule has 0 radical (unpaired) electrons. The Bertz CT molecular complexity index is 312. The molecule has 0 spiro atoms. The fourth-order valence-electron chi connectivity index (χ4n) is 2.65. The van der Waals surface area contributed by atoms with Crippen molar-refractivity contribution in [2.75, 3.05) is 6.54 Å². The van der Waals surface area contributed by atoms with Gasteiger partial charge in [0.1, 0.15) is 0 Å². The van der Waals surface area contributed by atoms with Crippen LogP contribution in [-0.2, 0) is 6.54 Å². The Morgan fingerprint density at radius 2 is 2.12 bits per heavy atom. The van der Waals surface area contributed by atoms with Crippen molar-refractivity contribution in [3.8, 4) is 0 Å². The molecule has 0 aliphatic heterocycles. The molecule has 1 aliphatic carbocycles. The van der Waals surface area contributed by atoms with E-state index in [9.17, 15) is 0 Å². The van der Waals surface area contributed by atoms with Crippen molar-refractivity contribution in [2.45, 2.75) is 52.0 Å².